The van der Waals surface area contributed by atoms with Crippen LogP contribution in [0.1, 0.15) is 37.9 Å². The van der Waals surface area contributed by atoms with E-state index in [1.54, 1.807) is 11.3 Å². The first-order valence-corrected chi connectivity index (χ1v) is 9.40. The van der Waals surface area contributed by atoms with E-state index in [9.17, 15) is 4.79 Å². The predicted molar refractivity (Wildman–Crippen MR) is 99.5 cm³/mol. The molecule has 0 fully saturated rings. The van der Waals surface area contributed by atoms with Gasteiger partial charge in [0.1, 0.15) is 0 Å². The van der Waals surface area contributed by atoms with E-state index >= 15 is 0 Å². The normalized spacial score (nSPS) is 11.1. The summed E-state index contributed by atoms with van der Waals surface area (Å²) in [6.45, 7) is 5.02. The molecule has 1 amide bonds. The summed E-state index contributed by atoms with van der Waals surface area (Å²) >= 11 is 1.58. The second-order valence-corrected chi connectivity index (χ2v) is 6.77. The van der Waals surface area contributed by atoms with Crippen molar-refractivity contribution in [2.24, 2.45) is 0 Å². The van der Waals surface area contributed by atoms with Gasteiger partial charge in [-0.2, -0.15) is 0 Å². The Bertz CT molecular complexity index is 817. The fourth-order valence-electron chi connectivity index (χ4n) is 2.64. The van der Waals surface area contributed by atoms with Crippen LogP contribution in [0.25, 0.3) is 16.2 Å². The molecule has 1 N–H and O–H groups in total. The highest BCUT2D eigenvalue weighted by atomic mass is 32.1. The van der Waals surface area contributed by atoms with Crippen LogP contribution in [0.4, 0.5) is 0 Å². The number of amides is 1. The van der Waals surface area contributed by atoms with E-state index in [2.05, 4.69) is 43.4 Å². The summed E-state index contributed by atoms with van der Waals surface area (Å²) in [4.78, 5) is 17.7. The van der Waals surface area contributed by atoms with Gasteiger partial charge in [-0.1, -0.05) is 44.5 Å². The quantitative estimate of drug-likeness (QED) is 0.658. The molecule has 0 atom stereocenters. The number of nitrogens with zero attached hydrogens (tertiary/aromatic N) is 2. The van der Waals surface area contributed by atoms with Crippen LogP contribution >= 0.6 is 11.3 Å². The molecule has 0 unspecified atom stereocenters. The predicted octanol–water partition coefficient (Wildman–Crippen LogP) is 4.08. The number of imidazole rings is 1. The highest BCUT2D eigenvalue weighted by molar-refractivity contribution is 7.15. The van der Waals surface area contributed by atoms with E-state index in [0.29, 0.717) is 6.42 Å². The number of aryl methyl sites for hydroxylation is 1. The summed E-state index contributed by atoms with van der Waals surface area (Å²) in [5.74, 6) is 0.0747. The molecule has 3 rings (SSSR count). The van der Waals surface area contributed by atoms with E-state index in [0.717, 1.165) is 47.7 Å². The number of hydrogen-bond acceptors (Lipinski definition) is 3. The van der Waals surface area contributed by atoms with E-state index in [1.807, 2.05) is 16.0 Å². The summed E-state index contributed by atoms with van der Waals surface area (Å²) in [7, 11) is 0. The van der Waals surface area contributed by atoms with Gasteiger partial charge in [-0.05, 0) is 18.4 Å². The third-order valence-corrected chi connectivity index (χ3v) is 5.02. The van der Waals surface area contributed by atoms with Crippen molar-refractivity contribution in [1.82, 2.24) is 14.7 Å². The van der Waals surface area contributed by atoms with Gasteiger partial charge in [0.05, 0.1) is 12.1 Å². The molecule has 0 bridgehead atoms. The van der Waals surface area contributed by atoms with E-state index in [4.69, 9.17) is 4.98 Å². The molecule has 3 aromatic rings. The Morgan fingerprint density at radius 1 is 1.25 bits per heavy atom. The van der Waals surface area contributed by atoms with Crippen molar-refractivity contribution in [3.8, 4) is 11.3 Å². The first-order chi connectivity index (χ1) is 11.7. The van der Waals surface area contributed by atoms with Crippen LogP contribution in [0.3, 0.4) is 0 Å². The SMILES string of the molecule is CCCCNC(=O)Cc1csc2nc(-c3ccc(CC)cc3)cn12. The van der Waals surface area contributed by atoms with Gasteiger partial charge in [0.25, 0.3) is 0 Å². The maximum Gasteiger partial charge on any atom is 0.225 e. The maximum absolute atomic E-state index is 12.0. The molecule has 0 aliphatic rings. The van der Waals surface area contributed by atoms with Gasteiger partial charge in [-0.15, -0.1) is 11.3 Å². The van der Waals surface area contributed by atoms with Gasteiger partial charge >= 0.3 is 0 Å². The van der Waals surface area contributed by atoms with Crippen LogP contribution in [-0.4, -0.2) is 21.8 Å². The third-order valence-electron chi connectivity index (χ3n) is 4.14. The number of rotatable bonds is 7. The summed E-state index contributed by atoms with van der Waals surface area (Å²) in [5.41, 5.74) is 4.38. The van der Waals surface area contributed by atoms with Crippen molar-refractivity contribution in [1.29, 1.82) is 0 Å². The van der Waals surface area contributed by atoms with Crippen molar-refractivity contribution in [2.45, 2.75) is 39.5 Å². The lowest BCUT2D eigenvalue weighted by Crippen LogP contribution is -2.26. The first-order valence-electron chi connectivity index (χ1n) is 8.52. The number of thiazole rings is 1. The third kappa shape index (κ3) is 3.67. The molecule has 1 aromatic carbocycles. The Kier molecular flexibility index (Phi) is 5.30. The number of carbonyl (C=O) groups excluding carboxylic acids is 1. The van der Waals surface area contributed by atoms with Crippen LogP contribution in [0.2, 0.25) is 0 Å². The molecule has 0 saturated heterocycles. The monoisotopic (exact) mass is 341 g/mol. The van der Waals surface area contributed by atoms with Crippen molar-refractivity contribution < 1.29 is 4.79 Å². The molecular weight excluding hydrogens is 318 g/mol. The van der Waals surface area contributed by atoms with Gasteiger partial charge in [-0.3, -0.25) is 9.20 Å². The zero-order chi connectivity index (χ0) is 16.9. The van der Waals surface area contributed by atoms with Gasteiger partial charge in [0.2, 0.25) is 5.91 Å². The largest absolute Gasteiger partial charge is 0.356 e. The Morgan fingerprint density at radius 3 is 2.75 bits per heavy atom. The van der Waals surface area contributed by atoms with Crippen LogP contribution in [-0.2, 0) is 17.6 Å². The van der Waals surface area contributed by atoms with Crippen molar-refractivity contribution in [2.75, 3.05) is 6.54 Å². The molecule has 4 nitrogen and oxygen atoms in total. The lowest BCUT2D eigenvalue weighted by Gasteiger charge is -2.03. The van der Waals surface area contributed by atoms with Gasteiger partial charge in [0.15, 0.2) is 4.96 Å². The smallest absolute Gasteiger partial charge is 0.225 e. The van der Waals surface area contributed by atoms with Crippen molar-refractivity contribution >= 4 is 22.2 Å². The van der Waals surface area contributed by atoms with Crippen LogP contribution in [0.5, 0.6) is 0 Å². The summed E-state index contributed by atoms with van der Waals surface area (Å²) < 4.78 is 2.03. The minimum Gasteiger partial charge on any atom is -0.356 e. The molecular formula is C19H23N3OS. The van der Waals surface area contributed by atoms with E-state index in [1.165, 1.54) is 5.56 Å². The Morgan fingerprint density at radius 2 is 2.04 bits per heavy atom. The fourth-order valence-corrected chi connectivity index (χ4v) is 3.51. The fraction of sp³-hybridized carbons (Fsp3) is 0.368. The molecule has 5 heteroatoms. The van der Waals surface area contributed by atoms with Gasteiger partial charge in [-0.25, -0.2) is 4.98 Å². The molecule has 0 aliphatic heterocycles. The second-order valence-electron chi connectivity index (χ2n) is 5.94. The Labute approximate surface area is 146 Å². The zero-order valence-electron chi connectivity index (χ0n) is 14.2. The van der Waals surface area contributed by atoms with Crippen molar-refractivity contribution in [3.05, 3.63) is 47.1 Å². The first kappa shape index (κ1) is 16.7. The van der Waals surface area contributed by atoms with Gasteiger partial charge in [0, 0.05) is 29.4 Å². The lowest BCUT2D eigenvalue weighted by molar-refractivity contribution is -0.120. The van der Waals surface area contributed by atoms with E-state index < -0.39 is 0 Å². The number of fused-ring (bicyclic) bond motifs is 1. The number of nitrogens with one attached hydrogen (secondary N) is 1. The molecule has 0 aliphatic carbocycles. The number of hydrogen-bond donors (Lipinski definition) is 1. The average molecular weight is 341 g/mol. The number of carbonyl (C=O) groups is 1. The Balaban J connectivity index is 1.77. The minimum absolute atomic E-state index is 0.0747. The standard InChI is InChI=1S/C19H23N3OS/c1-3-5-10-20-18(23)11-16-13-24-19-21-17(12-22(16)19)15-8-6-14(4-2)7-9-15/h6-9,12-13H,3-5,10-11H2,1-2H3,(H,20,23). The number of benzene rings is 1. The zero-order valence-corrected chi connectivity index (χ0v) is 15.0. The molecule has 0 saturated carbocycles. The molecule has 2 aromatic heterocycles. The van der Waals surface area contributed by atoms with Crippen LogP contribution < -0.4 is 5.32 Å². The molecule has 0 radical (unpaired) electrons. The maximum atomic E-state index is 12.0. The minimum atomic E-state index is 0.0747. The second kappa shape index (κ2) is 7.62. The summed E-state index contributed by atoms with van der Waals surface area (Å²) in [6.07, 6.45) is 5.57. The van der Waals surface area contributed by atoms with Crippen LogP contribution in [0.15, 0.2) is 35.8 Å². The summed E-state index contributed by atoms with van der Waals surface area (Å²) in [6, 6.07) is 8.51. The average Bonchev–Trinajstić information content (AvgIpc) is 3.17. The van der Waals surface area contributed by atoms with E-state index in [-0.39, 0.29) is 5.91 Å². The highest BCUT2D eigenvalue weighted by Gasteiger charge is 2.12. The molecule has 2 heterocycles. The molecule has 24 heavy (non-hydrogen) atoms. The highest BCUT2D eigenvalue weighted by Crippen LogP contribution is 2.24. The number of aromatic nitrogens is 2. The van der Waals surface area contributed by atoms with Crippen molar-refractivity contribution in [3.63, 3.8) is 0 Å². The summed E-state index contributed by atoms with van der Waals surface area (Å²) in [5, 5.41) is 4.99. The number of unbranched alkanes of at least 4 members (excludes halogenated alkanes) is 1. The van der Waals surface area contributed by atoms with Crippen LogP contribution in [0, 0.1) is 0 Å². The lowest BCUT2D eigenvalue weighted by atomic mass is 10.1. The Hall–Kier alpha value is -2.14. The topological polar surface area (TPSA) is 46.4 Å². The molecule has 0 spiro atoms. The van der Waals surface area contributed by atoms with Gasteiger partial charge < -0.3 is 5.32 Å². The molecule has 126 valence electrons.